The number of carbonyl (C=O) groups is 1. The summed E-state index contributed by atoms with van der Waals surface area (Å²) in [7, 11) is 0. The topological polar surface area (TPSA) is 63.1 Å². The van der Waals surface area contributed by atoms with E-state index in [0.29, 0.717) is 18.9 Å². The molecule has 130 valence electrons. The van der Waals surface area contributed by atoms with Crippen molar-refractivity contribution in [2.75, 3.05) is 26.2 Å². The van der Waals surface area contributed by atoms with Crippen molar-refractivity contribution >= 4 is 5.91 Å². The van der Waals surface area contributed by atoms with Crippen LogP contribution in [0.5, 0.6) is 0 Å². The van der Waals surface area contributed by atoms with Crippen molar-refractivity contribution in [2.24, 2.45) is 0 Å². The van der Waals surface area contributed by atoms with Crippen LogP contribution in [0.1, 0.15) is 37.0 Å². The van der Waals surface area contributed by atoms with Crippen LogP contribution in [0.3, 0.4) is 0 Å². The third-order valence-electron chi connectivity index (χ3n) is 3.84. The zero-order valence-corrected chi connectivity index (χ0v) is 13.4. The zero-order valence-electron chi connectivity index (χ0n) is 13.4. The molecule has 1 atom stereocenters. The molecule has 1 amide bonds. The van der Waals surface area contributed by atoms with Gasteiger partial charge in [0.05, 0.1) is 12.6 Å². The van der Waals surface area contributed by atoms with Gasteiger partial charge in [0.1, 0.15) is 11.6 Å². The second-order valence-corrected chi connectivity index (χ2v) is 5.83. The number of rotatable bonds is 5. The van der Waals surface area contributed by atoms with Crippen LogP contribution in [0.15, 0.2) is 0 Å². The molecule has 1 aliphatic rings. The highest BCUT2D eigenvalue weighted by Gasteiger charge is 2.28. The highest BCUT2D eigenvalue weighted by atomic mass is 19.4. The molecule has 1 N–H and O–H groups in total. The molecule has 1 aromatic rings. The molecule has 0 spiro atoms. The summed E-state index contributed by atoms with van der Waals surface area (Å²) in [6.07, 6.45) is -2.41. The van der Waals surface area contributed by atoms with E-state index in [4.69, 9.17) is 0 Å². The van der Waals surface area contributed by atoms with Crippen LogP contribution >= 0.6 is 0 Å². The summed E-state index contributed by atoms with van der Waals surface area (Å²) in [5.41, 5.74) is 0. The molecule has 9 heteroatoms. The molecule has 0 bridgehead atoms. The third kappa shape index (κ3) is 5.19. The Bertz CT molecular complexity index is 543. The predicted molar refractivity (Wildman–Crippen MR) is 77.9 cm³/mol. The van der Waals surface area contributed by atoms with Crippen LogP contribution in [0.2, 0.25) is 0 Å². The Balaban J connectivity index is 1.83. The Morgan fingerprint density at radius 1 is 1.39 bits per heavy atom. The maximum Gasteiger partial charge on any atom is 0.401 e. The van der Waals surface area contributed by atoms with E-state index in [1.807, 2.05) is 18.5 Å². The smallest absolute Gasteiger partial charge is 0.341 e. The van der Waals surface area contributed by atoms with Gasteiger partial charge in [0, 0.05) is 26.1 Å². The monoisotopic (exact) mass is 333 g/mol. The van der Waals surface area contributed by atoms with Gasteiger partial charge in [0.25, 0.3) is 0 Å². The number of nitrogens with one attached hydrogen (secondary N) is 1. The number of halogens is 3. The third-order valence-corrected chi connectivity index (χ3v) is 3.84. The summed E-state index contributed by atoms with van der Waals surface area (Å²) in [6, 6.07) is 0.0806. The fourth-order valence-corrected chi connectivity index (χ4v) is 2.85. The summed E-state index contributed by atoms with van der Waals surface area (Å²) in [5, 5.41) is 6.61. The van der Waals surface area contributed by atoms with E-state index in [2.05, 4.69) is 15.4 Å². The van der Waals surface area contributed by atoms with E-state index in [0.717, 1.165) is 18.7 Å². The van der Waals surface area contributed by atoms with Crippen molar-refractivity contribution in [1.82, 2.24) is 25.0 Å². The van der Waals surface area contributed by atoms with Gasteiger partial charge in [0.15, 0.2) is 0 Å². The average molecular weight is 333 g/mol. The van der Waals surface area contributed by atoms with E-state index in [-0.39, 0.29) is 24.9 Å². The lowest BCUT2D eigenvalue weighted by Gasteiger charge is -2.33. The Morgan fingerprint density at radius 2 is 2.13 bits per heavy atom. The van der Waals surface area contributed by atoms with Crippen LogP contribution < -0.4 is 5.32 Å². The molecule has 1 aromatic heterocycles. The number of hydrogen-bond acceptors (Lipinski definition) is 4. The predicted octanol–water partition coefficient (Wildman–Crippen LogP) is 1.60. The summed E-state index contributed by atoms with van der Waals surface area (Å²) < 4.78 is 38.0. The summed E-state index contributed by atoms with van der Waals surface area (Å²) >= 11 is 0. The number of aromatic nitrogens is 3. The lowest BCUT2D eigenvalue weighted by atomic mass is 10.1. The van der Waals surface area contributed by atoms with E-state index >= 15 is 0 Å². The first-order valence-corrected chi connectivity index (χ1v) is 7.71. The van der Waals surface area contributed by atoms with Gasteiger partial charge >= 0.3 is 6.18 Å². The molecule has 23 heavy (non-hydrogen) atoms. The largest absolute Gasteiger partial charge is 0.401 e. The fraction of sp³-hybridized carbons (Fsp3) is 0.786. The van der Waals surface area contributed by atoms with Crippen molar-refractivity contribution in [2.45, 2.75) is 45.3 Å². The van der Waals surface area contributed by atoms with E-state index in [1.165, 1.54) is 0 Å². The van der Waals surface area contributed by atoms with Gasteiger partial charge in [-0.05, 0) is 26.7 Å². The second kappa shape index (κ2) is 7.29. The molecular formula is C14H22F3N5O. The lowest BCUT2D eigenvalue weighted by molar-refractivity contribution is -0.134. The molecule has 0 aromatic carbocycles. The number of nitrogens with zero attached hydrogens (tertiary/aromatic N) is 4. The van der Waals surface area contributed by atoms with Gasteiger partial charge < -0.3 is 10.2 Å². The van der Waals surface area contributed by atoms with Gasteiger partial charge in [-0.25, -0.2) is 9.67 Å². The van der Waals surface area contributed by atoms with Gasteiger partial charge in [0.2, 0.25) is 5.91 Å². The van der Waals surface area contributed by atoms with Crippen molar-refractivity contribution < 1.29 is 18.0 Å². The Hall–Kier alpha value is -1.64. The fourth-order valence-electron chi connectivity index (χ4n) is 2.85. The summed E-state index contributed by atoms with van der Waals surface area (Å²) in [5.74, 6) is 1.38. The Morgan fingerprint density at radius 3 is 2.74 bits per heavy atom. The lowest BCUT2D eigenvalue weighted by Crippen LogP contribution is -2.42. The minimum atomic E-state index is -4.25. The molecule has 0 aliphatic carbocycles. The maximum absolute atomic E-state index is 12.1. The molecule has 2 rings (SSSR count). The highest BCUT2D eigenvalue weighted by Crippen LogP contribution is 2.22. The number of piperidine rings is 1. The molecule has 2 heterocycles. The number of likely N-dealkylation sites (tertiary alicyclic amines) is 1. The van der Waals surface area contributed by atoms with Crippen molar-refractivity contribution in [3.8, 4) is 0 Å². The Labute approximate surface area is 133 Å². The van der Waals surface area contributed by atoms with Gasteiger partial charge in [-0.2, -0.15) is 18.3 Å². The first-order chi connectivity index (χ1) is 10.8. The van der Waals surface area contributed by atoms with Crippen LogP contribution in [0.25, 0.3) is 0 Å². The summed E-state index contributed by atoms with van der Waals surface area (Å²) in [4.78, 5) is 18.1. The first-order valence-electron chi connectivity index (χ1n) is 7.71. The zero-order chi connectivity index (χ0) is 17.0. The van der Waals surface area contributed by atoms with Crippen molar-refractivity contribution in [1.29, 1.82) is 0 Å². The van der Waals surface area contributed by atoms with E-state index in [1.54, 1.807) is 4.90 Å². The minimum Gasteiger partial charge on any atom is -0.341 e. The molecule has 1 fully saturated rings. The van der Waals surface area contributed by atoms with Crippen molar-refractivity contribution in [3.63, 3.8) is 0 Å². The van der Waals surface area contributed by atoms with Gasteiger partial charge in [-0.3, -0.25) is 4.79 Å². The van der Waals surface area contributed by atoms with Crippen LogP contribution in [0, 0.1) is 13.8 Å². The maximum atomic E-state index is 12.1. The molecule has 6 nitrogen and oxygen atoms in total. The van der Waals surface area contributed by atoms with Crippen molar-refractivity contribution in [3.05, 3.63) is 11.6 Å². The van der Waals surface area contributed by atoms with Gasteiger partial charge in [-0.15, -0.1) is 0 Å². The number of hydrogen-bond donors (Lipinski definition) is 1. The molecule has 0 radical (unpaired) electrons. The first kappa shape index (κ1) is 17.7. The second-order valence-electron chi connectivity index (χ2n) is 5.83. The quantitative estimate of drug-likeness (QED) is 0.832. The number of amides is 1. The number of aryl methyl sites for hydroxylation is 2. The van der Waals surface area contributed by atoms with Crippen LogP contribution in [-0.4, -0.2) is 57.9 Å². The van der Waals surface area contributed by atoms with E-state index in [9.17, 15) is 18.0 Å². The number of alkyl halides is 3. The number of carbonyl (C=O) groups excluding carboxylic acids is 1. The highest BCUT2D eigenvalue weighted by molar-refractivity contribution is 5.76. The molecule has 1 aliphatic heterocycles. The summed E-state index contributed by atoms with van der Waals surface area (Å²) in [6.45, 7) is 3.83. The minimum absolute atomic E-state index is 0.0287. The van der Waals surface area contributed by atoms with Gasteiger partial charge in [-0.1, -0.05) is 0 Å². The molecule has 0 saturated carbocycles. The average Bonchev–Trinajstić information content (AvgIpc) is 2.81. The SMILES string of the molecule is Cc1nc(C)n([C@H]2CCCN(C(=O)CCNCC(F)(F)F)C2)n1. The standard InChI is InChI=1S/C14H22F3N5O/c1-10-19-11(2)22(20-10)12-4-3-7-21(8-12)13(23)5-6-18-9-14(15,16)17/h12,18H,3-9H2,1-2H3/t12-/m0/s1. The molecule has 0 unspecified atom stereocenters. The molecular weight excluding hydrogens is 311 g/mol. The normalized spacial score (nSPS) is 19.2. The van der Waals surface area contributed by atoms with Crippen LogP contribution in [-0.2, 0) is 4.79 Å². The Kier molecular flexibility index (Phi) is 5.61. The van der Waals surface area contributed by atoms with E-state index < -0.39 is 12.7 Å². The van der Waals surface area contributed by atoms with Crippen LogP contribution in [0.4, 0.5) is 13.2 Å². The molecule has 1 saturated heterocycles.